The van der Waals surface area contributed by atoms with Crippen LogP contribution in [0, 0.1) is 0 Å². The van der Waals surface area contributed by atoms with Crippen LogP contribution >= 0.6 is 0 Å². The Hall–Kier alpha value is -2.49. The first kappa shape index (κ1) is 13.2. The van der Waals surface area contributed by atoms with Gasteiger partial charge in [0.1, 0.15) is 5.75 Å². The smallest absolute Gasteiger partial charge is 0.118 e. The summed E-state index contributed by atoms with van der Waals surface area (Å²) in [4.78, 5) is 9.98. The maximum Gasteiger partial charge on any atom is 0.118 e. The molecule has 1 atom stereocenters. The van der Waals surface area contributed by atoms with Crippen LogP contribution in [-0.4, -0.2) is 23.6 Å². The van der Waals surface area contributed by atoms with Crippen LogP contribution in [0.15, 0.2) is 48.8 Å². The van der Waals surface area contributed by atoms with E-state index in [1.54, 1.807) is 13.4 Å². The fraction of sp³-hybridized carbons (Fsp3) is 0.278. The monoisotopic (exact) mass is 293 g/mol. The molecule has 4 nitrogen and oxygen atoms in total. The van der Waals surface area contributed by atoms with Gasteiger partial charge < -0.3 is 14.6 Å². The lowest BCUT2D eigenvalue weighted by molar-refractivity contribution is 0.414. The van der Waals surface area contributed by atoms with E-state index in [9.17, 15) is 0 Å². The normalized spacial score (nSPS) is 18.0. The topological polar surface area (TPSA) is 41.1 Å². The number of fused-ring (bicyclic) bond motifs is 1. The summed E-state index contributed by atoms with van der Waals surface area (Å²) >= 11 is 0. The molecule has 1 saturated heterocycles. The van der Waals surface area contributed by atoms with Crippen molar-refractivity contribution in [1.82, 2.24) is 9.97 Å². The second kappa shape index (κ2) is 5.37. The zero-order valence-corrected chi connectivity index (χ0v) is 12.6. The van der Waals surface area contributed by atoms with E-state index in [0.29, 0.717) is 6.04 Å². The lowest BCUT2D eigenvalue weighted by Gasteiger charge is -2.27. The Morgan fingerprint density at radius 1 is 1.18 bits per heavy atom. The first-order valence-electron chi connectivity index (χ1n) is 7.69. The minimum atomic E-state index is 0.436. The van der Waals surface area contributed by atoms with E-state index < -0.39 is 0 Å². The number of imidazole rings is 1. The van der Waals surface area contributed by atoms with Crippen molar-refractivity contribution in [3.63, 3.8) is 0 Å². The Bertz CT molecular complexity index is 778. The molecule has 0 aliphatic carbocycles. The molecule has 0 amide bonds. The SMILES string of the molecule is COc1ccc(C2CCCN2c2ccc3nc[nH]c3c2)cc1. The van der Waals surface area contributed by atoms with Gasteiger partial charge in [-0.05, 0) is 48.7 Å². The summed E-state index contributed by atoms with van der Waals surface area (Å²) in [6.07, 6.45) is 4.16. The second-order valence-corrected chi connectivity index (χ2v) is 5.73. The van der Waals surface area contributed by atoms with Gasteiger partial charge in [0.05, 0.1) is 30.5 Å². The molecule has 3 aromatic rings. The number of nitrogens with zero attached hydrogens (tertiary/aromatic N) is 2. The Balaban J connectivity index is 1.67. The molecular weight excluding hydrogens is 274 g/mol. The lowest BCUT2D eigenvalue weighted by Crippen LogP contribution is -2.22. The van der Waals surface area contributed by atoms with Gasteiger partial charge in [0, 0.05) is 12.2 Å². The average molecular weight is 293 g/mol. The Morgan fingerprint density at radius 2 is 2.05 bits per heavy atom. The van der Waals surface area contributed by atoms with Crippen LogP contribution in [0.3, 0.4) is 0 Å². The Labute approximate surface area is 129 Å². The van der Waals surface area contributed by atoms with E-state index >= 15 is 0 Å². The molecule has 2 aromatic carbocycles. The van der Waals surface area contributed by atoms with Crippen molar-refractivity contribution in [3.05, 3.63) is 54.4 Å². The summed E-state index contributed by atoms with van der Waals surface area (Å²) in [5.41, 5.74) is 4.72. The second-order valence-electron chi connectivity index (χ2n) is 5.73. The summed E-state index contributed by atoms with van der Waals surface area (Å²) < 4.78 is 5.26. The van der Waals surface area contributed by atoms with Gasteiger partial charge in [-0.15, -0.1) is 0 Å². The largest absolute Gasteiger partial charge is 0.497 e. The fourth-order valence-electron chi connectivity index (χ4n) is 3.35. The molecule has 4 rings (SSSR count). The molecule has 2 heterocycles. The minimum absolute atomic E-state index is 0.436. The van der Waals surface area contributed by atoms with Crippen LogP contribution in [0.5, 0.6) is 5.75 Å². The highest BCUT2D eigenvalue weighted by Gasteiger charge is 2.26. The molecule has 22 heavy (non-hydrogen) atoms. The highest BCUT2D eigenvalue weighted by atomic mass is 16.5. The number of aromatic nitrogens is 2. The van der Waals surface area contributed by atoms with Crippen molar-refractivity contribution < 1.29 is 4.74 Å². The molecule has 4 heteroatoms. The van der Waals surface area contributed by atoms with Crippen LogP contribution < -0.4 is 9.64 Å². The number of hydrogen-bond acceptors (Lipinski definition) is 3. The molecule has 0 radical (unpaired) electrons. The van der Waals surface area contributed by atoms with E-state index in [2.05, 4.69) is 45.2 Å². The molecule has 1 fully saturated rings. The third kappa shape index (κ3) is 2.21. The Morgan fingerprint density at radius 3 is 2.86 bits per heavy atom. The number of nitrogens with one attached hydrogen (secondary N) is 1. The molecule has 1 aliphatic heterocycles. The fourth-order valence-corrected chi connectivity index (χ4v) is 3.35. The van der Waals surface area contributed by atoms with Crippen LogP contribution in [0.4, 0.5) is 5.69 Å². The highest BCUT2D eigenvalue weighted by Crippen LogP contribution is 2.37. The maximum atomic E-state index is 5.26. The first-order chi connectivity index (χ1) is 10.8. The number of anilines is 1. The van der Waals surface area contributed by atoms with E-state index in [4.69, 9.17) is 4.74 Å². The van der Waals surface area contributed by atoms with E-state index in [1.807, 2.05) is 12.1 Å². The van der Waals surface area contributed by atoms with Crippen molar-refractivity contribution >= 4 is 16.7 Å². The first-order valence-corrected chi connectivity index (χ1v) is 7.69. The third-order valence-electron chi connectivity index (χ3n) is 4.49. The number of hydrogen-bond donors (Lipinski definition) is 1. The van der Waals surface area contributed by atoms with Gasteiger partial charge in [0.25, 0.3) is 0 Å². The molecular formula is C18H19N3O. The molecule has 1 unspecified atom stereocenters. The molecule has 0 saturated carbocycles. The number of rotatable bonds is 3. The van der Waals surface area contributed by atoms with Crippen LogP contribution in [0.2, 0.25) is 0 Å². The molecule has 1 aromatic heterocycles. The predicted octanol–water partition coefficient (Wildman–Crippen LogP) is 3.91. The quantitative estimate of drug-likeness (QED) is 0.796. The minimum Gasteiger partial charge on any atom is -0.497 e. The number of benzene rings is 2. The highest BCUT2D eigenvalue weighted by molar-refractivity contribution is 5.79. The number of H-pyrrole nitrogens is 1. The summed E-state index contributed by atoms with van der Waals surface area (Å²) in [5, 5.41) is 0. The van der Waals surface area contributed by atoms with Gasteiger partial charge >= 0.3 is 0 Å². The predicted molar refractivity (Wildman–Crippen MR) is 88.4 cm³/mol. The van der Waals surface area contributed by atoms with Crippen LogP contribution in [-0.2, 0) is 0 Å². The van der Waals surface area contributed by atoms with Crippen LogP contribution in [0.1, 0.15) is 24.4 Å². The zero-order valence-electron chi connectivity index (χ0n) is 12.6. The van der Waals surface area contributed by atoms with Crippen molar-refractivity contribution in [1.29, 1.82) is 0 Å². The lowest BCUT2D eigenvalue weighted by atomic mass is 10.0. The third-order valence-corrected chi connectivity index (χ3v) is 4.49. The van der Waals surface area contributed by atoms with Gasteiger partial charge in [-0.1, -0.05) is 12.1 Å². The zero-order chi connectivity index (χ0) is 14.9. The van der Waals surface area contributed by atoms with Gasteiger partial charge in [0.15, 0.2) is 0 Å². The summed E-state index contributed by atoms with van der Waals surface area (Å²) in [6, 6.07) is 15.3. The maximum absolute atomic E-state index is 5.26. The van der Waals surface area contributed by atoms with Gasteiger partial charge in [0.2, 0.25) is 0 Å². The molecule has 0 bridgehead atoms. The van der Waals surface area contributed by atoms with Gasteiger partial charge in [-0.25, -0.2) is 4.98 Å². The average Bonchev–Trinajstić information content (AvgIpc) is 3.23. The van der Waals surface area contributed by atoms with Crippen LogP contribution in [0.25, 0.3) is 11.0 Å². The summed E-state index contributed by atoms with van der Waals surface area (Å²) in [6.45, 7) is 1.09. The van der Waals surface area contributed by atoms with Crippen molar-refractivity contribution in [2.75, 3.05) is 18.6 Å². The molecule has 1 aliphatic rings. The number of ether oxygens (including phenoxy) is 1. The van der Waals surface area contributed by atoms with Crippen molar-refractivity contribution in [2.45, 2.75) is 18.9 Å². The standard InChI is InChI=1S/C18H19N3O/c1-22-15-7-4-13(5-8-15)18-3-2-10-21(18)14-6-9-16-17(11-14)20-12-19-16/h4-9,11-12,18H,2-3,10H2,1H3,(H,19,20). The van der Waals surface area contributed by atoms with Gasteiger partial charge in [-0.2, -0.15) is 0 Å². The van der Waals surface area contributed by atoms with Crippen molar-refractivity contribution in [2.24, 2.45) is 0 Å². The van der Waals surface area contributed by atoms with E-state index in [0.717, 1.165) is 23.3 Å². The van der Waals surface area contributed by atoms with E-state index in [1.165, 1.54) is 24.1 Å². The molecule has 0 spiro atoms. The molecule has 1 N–H and O–H groups in total. The number of methoxy groups -OCH3 is 1. The van der Waals surface area contributed by atoms with E-state index in [-0.39, 0.29) is 0 Å². The van der Waals surface area contributed by atoms with Crippen molar-refractivity contribution in [3.8, 4) is 5.75 Å². The molecule has 112 valence electrons. The summed E-state index contributed by atoms with van der Waals surface area (Å²) in [5.74, 6) is 0.909. The number of aromatic amines is 1. The summed E-state index contributed by atoms with van der Waals surface area (Å²) in [7, 11) is 1.70. The van der Waals surface area contributed by atoms with Gasteiger partial charge in [-0.3, -0.25) is 0 Å². The Kier molecular flexibility index (Phi) is 3.22.